The van der Waals surface area contributed by atoms with E-state index in [0.29, 0.717) is 17.5 Å². The Morgan fingerprint density at radius 1 is 1.29 bits per heavy atom. The highest BCUT2D eigenvalue weighted by Gasteiger charge is 2.29. The molecule has 1 amide bonds. The Kier molecular flexibility index (Phi) is 2.56. The number of nitrogens with zero attached hydrogens (tertiary/aromatic N) is 2. The molecule has 1 fully saturated rings. The van der Waals surface area contributed by atoms with Crippen LogP contribution < -0.4 is 5.32 Å². The molecular weight excluding hydrogens is 225 g/mol. The maximum Gasteiger partial charge on any atom is 0.212 e. The van der Waals surface area contributed by atoms with Gasteiger partial charge < -0.3 is 5.32 Å². The van der Waals surface area contributed by atoms with Crippen molar-refractivity contribution in [3.8, 4) is 0 Å². The third kappa shape index (κ3) is 1.81. The van der Waals surface area contributed by atoms with Crippen molar-refractivity contribution in [2.24, 2.45) is 0 Å². The summed E-state index contributed by atoms with van der Waals surface area (Å²) in [5.74, 6) is 0.646. The number of hydrogen-bond donors (Lipinski definition) is 1. The summed E-state index contributed by atoms with van der Waals surface area (Å²) in [6.45, 7) is 0. The first kappa shape index (κ1) is 9.68. The molecule has 6 heteroatoms. The highest BCUT2D eigenvalue weighted by Crippen LogP contribution is 2.42. The molecule has 1 heterocycles. The third-order valence-electron chi connectivity index (χ3n) is 2.00. The topological polar surface area (TPSA) is 54.9 Å². The van der Waals surface area contributed by atoms with Crippen LogP contribution in [0.15, 0.2) is 0 Å². The molecule has 0 aliphatic heterocycles. The van der Waals surface area contributed by atoms with Crippen LogP contribution in [0.5, 0.6) is 0 Å². The molecule has 1 aliphatic carbocycles. The van der Waals surface area contributed by atoms with Crippen LogP contribution in [0.1, 0.15) is 24.5 Å². The molecule has 1 aliphatic rings. The predicted molar refractivity (Wildman–Crippen MR) is 53.7 cm³/mol. The van der Waals surface area contributed by atoms with Gasteiger partial charge in [0, 0.05) is 5.92 Å². The standard InChI is InChI=1S/C8H7Cl2N3O/c9-6-5(4-1-2-4)12-8(11-3-14)7(10)13-6/h3-4H,1-2H2,(H,11,12,14). The quantitative estimate of drug-likeness (QED) is 0.813. The molecule has 1 aromatic rings. The van der Waals surface area contributed by atoms with Crippen LogP contribution >= 0.6 is 23.2 Å². The zero-order chi connectivity index (χ0) is 10.1. The fraction of sp³-hybridized carbons (Fsp3) is 0.375. The van der Waals surface area contributed by atoms with E-state index in [9.17, 15) is 4.79 Å². The second kappa shape index (κ2) is 3.71. The largest absolute Gasteiger partial charge is 0.311 e. The van der Waals surface area contributed by atoms with Crippen LogP contribution in [0, 0.1) is 0 Å². The molecule has 0 aromatic carbocycles. The van der Waals surface area contributed by atoms with Crippen molar-refractivity contribution in [1.29, 1.82) is 0 Å². The SMILES string of the molecule is O=CNc1nc(C2CC2)c(Cl)nc1Cl. The summed E-state index contributed by atoms with van der Waals surface area (Å²) >= 11 is 11.6. The minimum atomic E-state index is 0.117. The van der Waals surface area contributed by atoms with Gasteiger partial charge in [-0.2, -0.15) is 0 Å². The number of aromatic nitrogens is 2. The Bertz CT molecular complexity index is 379. The summed E-state index contributed by atoms with van der Waals surface area (Å²) in [5.41, 5.74) is 0.723. The lowest BCUT2D eigenvalue weighted by atomic mass is 10.3. The van der Waals surface area contributed by atoms with Crippen molar-refractivity contribution in [3.05, 3.63) is 16.0 Å². The van der Waals surface area contributed by atoms with Crippen LogP contribution in [-0.2, 0) is 4.79 Å². The molecule has 0 bridgehead atoms. The van der Waals surface area contributed by atoms with Gasteiger partial charge in [-0.05, 0) is 12.8 Å². The van der Waals surface area contributed by atoms with E-state index in [-0.39, 0.29) is 11.0 Å². The molecule has 2 rings (SSSR count). The summed E-state index contributed by atoms with van der Waals surface area (Å²) < 4.78 is 0. The van der Waals surface area contributed by atoms with Gasteiger partial charge in [0.2, 0.25) is 6.41 Å². The Morgan fingerprint density at radius 3 is 2.57 bits per heavy atom. The molecule has 0 saturated heterocycles. The number of carbonyl (C=O) groups is 1. The molecular formula is C8H7Cl2N3O. The summed E-state index contributed by atoms with van der Waals surface area (Å²) in [6.07, 6.45) is 2.65. The van der Waals surface area contributed by atoms with E-state index in [1.165, 1.54) is 0 Å². The van der Waals surface area contributed by atoms with Gasteiger partial charge in [0.15, 0.2) is 16.1 Å². The number of carbonyl (C=O) groups excluding carboxylic acids is 1. The second-order valence-corrected chi connectivity index (χ2v) is 3.79. The minimum absolute atomic E-state index is 0.117. The maximum absolute atomic E-state index is 10.2. The van der Waals surface area contributed by atoms with Crippen molar-refractivity contribution >= 4 is 35.4 Å². The highest BCUT2D eigenvalue weighted by atomic mass is 35.5. The molecule has 0 radical (unpaired) electrons. The fourth-order valence-corrected chi connectivity index (χ4v) is 1.68. The Labute approximate surface area is 90.6 Å². The van der Waals surface area contributed by atoms with Gasteiger partial charge in [-0.1, -0.05) is 23.2 Å². The minimum Gasteiger partial charge on any atom is -0.311 e. The van der Waals surface area contributed by atoms with Crippen LogP contribution in [0.2, 0.25) is 10.3 Å². The second-order valence-electron chi connectivity index (χ2n) is 3.08. The molecule has 1 N–H and O–H groups in total. The van der Waals surface area contributed by atoms with Crippen molar-refractivity contribution in [3.63, 3.8) is 0 Å². The summed E-state index contributed by atoms with van der Waals surface area (Å²) in [7, 11) is 0. The van der Waals surface area contributed by atoms with Crippen molar-refractivity contribution in [2.45, 2.75) is 18.8 Å². The van der Waals surface area contributed by atoms with Gasteiger partial charge in [0.1, 0.15) is 0 Å². The number of nitrogens with one attached hydrogen (secondary N) is 1. The number of amides is 1. The molecule has 0 spiro atoms. The van der Waals surface area contributed by atoms with Gasteiger partial charge in [-0.25, -0.2) is 9.97 Å². The fourth-order valence-electron chi connectivity index (χ4n) is 1.17. The van der Waals surface area contributed by atoms with Crippen molar-refractivity contribution in [2.75, 3.05) is 5.32 Å². The maximum atomic E-state index is 10.2. The molecule has 1 saturated carbocycles. The van der Waals surface area contributed by atoms with Gasteiger partial charge in [-0.15, -0.1) is 0 Å². The van der Waals surface area contributed by atoms with E-state index in [4.69, 9.17) is 23.2 Å². The number of hydrogen-bond acceptors (Lipinski definition) is 3. The van der Waals surface area contributed by atoms with E-state index in [2.05, 4.69) is 15.3 Å². The zero-order valence-corrected chi connectivity index (χ0v) is 8.64. The predicted octanol–water partition coefficient (Wildman–Crippen LogP) is 2.23. The summed E-state index contributed by atoms with van der Waals surface area (Å²) in [4.78, 5) is 18.3. The van der Waals surface area contributed by atoms with Gasteiger partial charge in [0.25, 0.3) is 0 Å². The van der Waals surface area contributed by atoms with Gasteiger partial charge >= 0.3 is 0 Å². The van der Waals surface area contributed by atoms with E-state index >= 15 is 0 Å². The number of anilines is 1. The molecule has 74 valence electrons. The first-order chi connectivity index (χ1) is 6.72. The average molecular weight is 232 g/mol. The summed E-state index contributed by atoms with van der Waals surface area (Å²) in [6, 6.07) is 0. The normalized spacial score (nSPS) is 15.3. The Hall–Kier alpha value is -0.870. The van der Waals surface area contributed by atoms with Gasteiger partial charge in [0.05, 0.1) is 5.69 Å². The van der Waals surface area contributed by atoms with Crippen LogP contribution in [-0.4, -0.2) is 16.4 Å². The highest BCUT2D eigenvalue weighted by molar-refractivity contribution is 6.34. The van der Waals surface area contributed by atoms with E-state index in [0.717, 1.165) is 18.5 Å². The zero-order valence-electron chi connectivity index (χ0n) is 7.13. The van der Waals surface area contributed by atoms with Crippen LogP contribution in [0.4, 0.5) is 5.82 Å². The smallest absolute Gasteiger partial charge is 0.212 e. The lowest BCUT2D eigenvalue weighted by Gasteiger charge is -2.05. The summed E-state index contributed by atoms with van der Waals surface area (Å²) in [5, 5.41) is 2.83. The first-order valence-electron chi connectivity index (χ1n) is 4.15. The number of rotatable bonds is 3. The number of halogens is 2. The molecule has 0 atom stereocenters. The van der Waals surface area contributed by atoms with E-state index in [1.807, 2.05) is 0 Å². The molecule has 4 nitrogen and oxygen atoms in total. The lowest BCUT2D eigenvalue weighted by molar-refractivity contribution is -0.105. The van der Waals surface area contributed by atoms with Crippen molar-refractivity contribution < 1.29 is 4.79 Å². The lowest BCUT2D eigenvalue weighted by Crippen LogP contribution is -2.02. The Morgan fingerprint density at radius 2 is 2.00 bits per heavy atom. The van der Waals surface area contributed by atoms with Gasteiger partial charge in [-0.3, -0.25) is 4.79 Å². The van der Waals surface area contributed by atoms with Crippen molar-refractivity contribution in [1.82, 2.24) is 9.97 Å². The Balaban J connectivity index is 2.40. The van der Waals surface area contributed by atoms with Crippen LogP contribution in [0.25, 0.3) is 0 Å². The van der Waals surface area contributed by atoms with Crippen LogP contribution in [0.3, 0.4) is 0 Å². The average Bonchev–Trinajstić information content (AvgIpc) is 2.93. The molecule has 14 heavy (non-hydrogen) atoms. The monoisotopic (exact) mass is 231 g/mol. The van der Waals surface area contributed by atoms with E-state index < -0.39 is 0 Å². The van der Waals surface area contributed by atoms with E-state index in [1.54, 1.807) is 0 Å². The third-order valence-corrected chi connectivity index (χ3v) is 2.54. The first-order valence-corrected chi connectivity index (χ1v) is 4.91. The molecule has 1 aromatic heterocycles. The molecule has 0 unspecified atom stereocenters.